The molecule has 2 heterocycles. The molecule has 2 aliphatic heterocycles. The third kappa shape index (κ3) is 6.26. The zero-order chi connectivity index (χ0) is 18.0. The summed E-state index contributed by atoms with van der Waals surface area (Å²) in [6, 6.07) is 9.35. The number of piperidine rings is 1. The standard InChI is InChI=1S/C22H37N3O/c1-2-25-16-6-8-21(25)19-23-18-20-9-11-22(12-10-20)26-17-7-15-24-13-4-3-5-14-24/h9-12,21,23H,2-8,13-19H2,1H3/t21-/m0/s1. The molecule has 2 aliphatic rings. The molecular weight excluding hydrogens is 322 g/mol. The topological polar surface area (TPSA) is 27.7 Å². The summed E-state index contributed by atoms with van der Waals surface area (Å²) in [6.07, 6.45) is 7.96. The van der Waals surface area contributed by atoms with Gasteiger partial charge in [0, 0.05) is 25.7 Å². The number of nitrogens with one attached hydrogen (secondary N) is 1. The van der Waals surface area contributed by atoms with Crippen LogP contribution in [-0.4, -0.2) is 61.7 Å². The fourth-order valence-electron chi connectivity index (χ4n) is 4.29. The van der Waals surface area contributed by atoms with Crippen LogP contribution in [0.3, 0.4) is 0 Å². The van der Waals surface area contributed by atoms with E-state index in [9.17, 15) is 0 Å². The average Bonchev–Trinajstić information content (AvgIpc) is 3.15. The van der Waals surface area contributed by atoms with Crippen molar-refractivity contribution in [1.82, 2.24) is 15.1 Å². The number of ether oxygens (including phenoxy) is 1. The van der Waals surface area contributed by atoms with Crippen LogP contribution in [0.15, 0.2) is 24.3 Å². The van der Waals surface area contributed by atoms with E-state index in [2.05, 4.69) is 46.3 Å². The Hall–Kier alpha value is -1.10. The molecule has 0 aliphatic carbocycles. The number of hydrogen-bond acceptors (Lipinski definition) is 4. The number of hydrogen-bond donors (Lipinski definition) is 1. The third-order valence-electron chi connectivity index (χ3n) is 5.87. The lowest BCUT2D eigenvalue weighted by Gasteiger charge is -2.26. The van der Waals surface area contributed by atoms with Crippen molar-refractivity contribution < 1.29 is 4.74 Å². The van der Waals surface area contributed by atoms with Gasteiger partial charge in [-0.05, 0) is 76.0 Å². The minimum absolute atomic E-state index is 0.725. The summed E-state index contributed by atoms with van der Waals surface area (Å²) in [6.45, 7) is 11.3. The van der Waals surface area contributed by atoms with Crippen molar-refractivity contribution in [2.45, 2.75) is 58.0 Å². The van der Waals surface area contributed by atoms with Crippen molar-refractivity contribution in [2.75, 3.05) is 45.9 Å². The number of rotatable bonds is 10. The predicted molar refractivity (Wildman–Crippen MR) is 109 cm³/mol. The van der Waals surface area contributed by atoms with E-state index in [1.807, 2.05) is 0 Å². The third-order valence-corrected chi connectivity index (χ3v) is 5.87. The molecular formula is C22H37N3O. The lowest BCUT2D eigenvalue weighted by molar-refractivity contribution is 0.205. The molecule has 0 unspecified atom stereocenters. The van der Waals surface area contributed by atoms with Crippen LogP contribution in [0.2, 0.25) is 0 Å². The molecule has 26 heavy (non-hydrogen) atoms. The van der Waals surface area contributed by atoms with E-state index in [1.54, 1.807) is 0 Å². The van der Waals surface area contributed by atoms with Crippen LogP contribution in [0, 0.1) is 0 Å². The van der Waals surface area contributed by atoms with Crippen LogP contribution in [0.5, 0.6) is 5.75 Å². The Balaban J connectivity index is 1.29. The fourth-order valence-corrected chi connectivity index (χ4v) is 4.29. The first-order valence-electron chi connectivity index (χ1n) is 10.7. The van der Waals surface area contributed by atoms with Gasteiger partial charge in [0.2, 0.25) is 0 Å². The Morgan fingerprint density at radius 3 is 2.62 bits per heavy atom. The van der Waals surface area contributed by atoms with E-state index >= 15 is 0 Å². The molecule has 2 fully saturated rings. The second kappa shape index (κ2) is 10.9. The molecule has 4 nitrogen and oxygen atoms in total. The maximum absolute atomic E-state index is 5.91. The molecule has 1 aromatic rings. The van der Waals surface area contributed by atoms with Crippen LogP contribution in [0.4, 0.5) is 0 Å². The highest BCUT2D eigenvalue weighted by molar-refractivity contribution is 5.27. The van der Waals surface area contributed by atoms with Crippen LogP contribution in [-0.2, 0) is 6.54 Å². The molecule has 1 atom stereocenters. The highest BCUT2D eigenvalue weighted by Crippen LogP contribution is 2.16. The minimum Gasteiger partial charge on any atom is -0.494 e. The van der Waals surface area contributed by atoms with Gasteiger partial charge in [0.15, 0.2) is 0 Å². The summed E-state index contributed by atoms with van der Waals surface area (Å²) in [7, 11) is 0. The van der Waals surface area contributed by atoms with Gasteiger partial charge in [0.1, 0.15) is 5.75 Å². The molecule has 2 saturated heterocycles. The maximum Gasteiger partial charge on any atom is 0.119 e. The van der Waals surface area contributed by atoms with Crippen molar-refractivity contribution in [3.8, 4) is 5.75 Å². The Bertz CT molecular complexity index is 499. The smallest absolute Gasteiger partial charge is 0.119 e. The molecule has 1 N–H and O–H groups in total. The van der Waals surface area contributed by atoms with E-state index in [0.717, 1.165) is 37.9 Å². The van der Waals surface area contributed by atoms with Gasteiger partial charge in [-0.3, -0.25) is 4.90 Å². The summed E-state index contributed by atoms with van der Waals surface area (Å²) >= 11 is 0. The molecule has 4 heteroatoms. The first-order chi connectivity index (χ1) is 12.8. The van der Waals surface area contributed by atoms with Crippen molar-refractivity contribution in [1.29, 1.82) is 0 Å². The van der Waals surface area contributed by atoms with Crippen LogP contribution in [0.1, 0.15) is 51.0 Å². The molecule has 0 aromatic heterocycles. The summed E-state index contributed by atoms with van der Waals surface area (Å²) in [4.78, 5) is 5.17. The van der Waals surface area contributed by atoms with Gasteiger partial charge in [0.05, 0.1) is 6.61 Å². The summed E-state index contributed by atoms with van der Waals surface area (Å²) in [5, 5.41) is 3.63. The number of likely N-dealkylation sites (tertiary alicyclic amines) is 2. The van der Waals surface area contributed by atoms with E-state index in [4.69, 9.17) is 4.74 Å². The highest BCUT2D eigenvalue weighted by Gasteiger charge is 2.21. The van der Waals surface area contributed by atoms with Crippen LogP contribution in [0.25, 0.3) is 0 Å². The number of nitrogens with zero attached hydrogens (tertiary/aromatic N) is 2. The Labute approximate surface area is 159 Å². The number of benzene rings is 1. The summed E-state index contributed by atoms with van der Waals surface area (Å²) < 4.78 is 5.91. The van der Waals surface area contributed by atoms with Gasteiger partial charge < -0.3 is 15.0 Å². The fraction of sp³-hybridized carbons (Fsp3) is 0.727. The van der Waals surface area contributed by atoms with Crippen molar-refractivity contribution in [2.24, 2.45) is 0 Å². The Kier molecular flexibility index (Phi) is 8.24. The first kappa shape index (κ1) is 19.7. The van der Waals surface area contributed by atoms with Crippen LogP contribution < -0.4 is 10.1 Å². The molecule has 3 rings (SSSR count). The van der Waals surface area contributed by atoms with E-state index in [0.29, 0.717) is 0 Å². The largest absolute Gasteiger partial charge is 0.494 e. The normalized spacial score (nSPS) is 22.0. The first-order valence-corrected chi connectivity index (χ1v) is 10.7. The van der Waals surface area contributed by atoms with Gasteiger partial charge in [-0.25, -0.2) is 0 Å². The summed E-state index contributed by atoms with van der Waals surface area (Å²) in [5.41, 5.74) is 1.34. The molecule has 0 radical (unpaired) electrons. The molecule has 0 spiro atoms. The quantitative estimate of drug-likeness (QED) is 0.647. The molecule has 0 bridgehead atoms. The number of likely N-dealkylation sites (N-methyl/N-ethyl adjacent to an activating group) is 1. The lowest BCUT2D eigenvalue weighted by Crippen LogP contribution is -2.37. The predicted octanol–water partition coefficient (Wildman–Crippen LogP) is 3.52. The van der Waals surface area contributed by atoms with Crippen molar-refractivity contribution in [3.63, 3.8) is 0 Å². The van der Waals surface area contributed by atoms with Gasteiger partial charge in [-0.1, -0.05) is 25.5 Å². The average molecular weight is 360 g/mol. The maximum atomic E-state index is 5.91. The minimum atomic E-state index is 0.725. The lowest BCUT2D eigenvalue weighted by atomic mass is 10.1. The van der Waals surface area contributed by atoms with Gasteiger partial charge >= 0.3 is 0 Å². The molecule has 1 aromatic carbocycles. The Morgan fingerprint density at radius 2 is 1.85 bits per heavy atom. The molecule has 0 saturated carbocycles. The van der Waals surface area contributed by atoms with E-state index in [1.165, 1.54) is 70.4 Å². The van der Waals surface area contributed by atoms with Gasteiger partial charge in [-0.2, -0.15) is 0 Å². The van der Waals surface area contributed by atoms with Gasteiger partial charge in [-0.15, -0.1) is 0 Å². The highest BCUT2D eigenvalue weighted by atomic mass is 16.5. The molecule has 146 valence electrons. The van der Waals surface area contributed by atoms with E-state index < -0.39 is 0 Å². The monoisotopic (exact) mass is 359 g/mol. The van der Waals surface area contributed by atoms with E-state index in [-0.39, 0.29) is 0 Å². The van der Waals surface area contributed by atoms with Crippen molar-refractivity contribution in [3.05, 3.63) is 29.8 Å². The zero-order valence-corrected chi connectivity index (χ0v) is 16.6. The zero-order valence-electron chi connectivity index (χ0n) is 16.6. The SMILES string of the molecule is CCN1CCC[C@H]1CNCc1ccc(OCCCN2CCCCC2)cc1. The van der Waals surface area contributed by atoms with Gasteiger partial charge in [0.25, 0.3) is 0 Å². The van der Waals surface area contributed by atoms with Crippen molar-refractivity contribution >= 4 is 0 Å². The molecule has 0 amide bonds. The second-order valence-electron chi connectivity index (χ2n) is 7.80. The Morgan fingerprint density at radius 1 is 1.04 bits per heavy atom. The summed E-state index contributed by atoms with van der Waals surface area (Å²) in [5.74, 6) is 1.00. The second-order valence-corrected chi connectivity index (χ2v) is 7.80. The van der Waals surface area contributed by atoms with Crippen LogP contribution >= 0.6 is 0 Å².